The topological polar surface area (TPSA) is 65.9 Å². The summed E-state index contributed by atoms with van der Waals surface area (Å²) >= 11 is 1.04. The molecule has 1 heterocycles. The van der Waals surface area contributed by atoms with E-state index in [2.05, 4.69) is 9.97 Å². The van der Waals surface area contributed by atoms with Crippen molar-refractivity contribution in [2.24, 2.45) is 0 Å². The minimum absolute atomic E-state index is 0.107. The third kappa shape index (κ3) is 2.99. The third-order valence-corrected chi connectivity index (χ3v) is 1.71. The van der Waals surface area contributed by atoms with Gasteiger partial charge >= 0.3 is 0 Å². The molecule has 0 unspecified atom stereocenters. The molecule has 4 nitrogen and oxygen atoms in total. The average Bonchev–Trinajstić information content (AvgIpc) is 2.03. The lowest BCUT2D eigenvalue weighted by Gasteiger charge is -1.98. The largest absolute Gasteiger partial charge is 0.549 e. The van der Waals surface area contributed by atoms with Gasteiger partial charge < -0.3 is 9.90 Å². The molecule has 0 N–H and O–H groups in total. The van der Waals surface area contributed by atoms with E-state index in [0.717, 1.165) is 11.8 Å². The first-order valence-electron chi connectivity index (χ1n) is 2.88. The summed E-state index contributed by atoms with van der Waals surface area (Å²) in [5, 5.41) is 10.4. The van der Waals surface area contributed by atoms with E-state index in [0.29, 0.717) is 5.16 Å². The Bertz CT molecular complexity index is 240. The van der Waals surface area contributed by atoms with Crippen molar-refractivity contribution in [3.63, 3.8) is 0 Å². The van der Waals surface area contributed by atoms with E-state index in [9.17, 15) is 9.90 Å². The van der Waals surface area contributed by atoms with Gasteiger partial charge in [0.2, 0.25) is 0 Å². The fourth-order valence-electron chi connectivity index (χ4n) is 0.483. The number of aromatic nitrogens is 2. The number of nitrogens with zero attached hydrogens (tertiary/aromatic N) is 2. The minimum atomic E-state index is -1.11. The van der Waals surface area contributed by atoms with Crippen molar-refractivity contribution in [1.82, 2.24) is 9.97 Å². The quantitative estimate of drug-likeness (QED) is 0.443. The Morgan fingerprint density at radius 2 is 2.18 bits per heavy atom. The number of rotatable bonds is 3. The van der Waals surface area contributed by atoms with Gasteiger partial charge in [0.15, 0.2) is 5.16 Å². The van der Waals surface area contributed by atoms with Gasteiger partial charge in [0.25, 0.3) is 0 Å². The second-order valence-electron chi connectivity index (χ2n) is 1.69. The highest BCUT2D eigenvalue weighted by molar-refractivity contribution is 7.99. The van der Waals surface area contributed by atoms with Crippen molar-refractivity contribution < 1.29 is 9.90 Å². The second kappa shape index (κ2) is 3.92. The standard InChI is InChI=1S/C6H6N2O2S/c9-5(10)4-11-6-7-2-1-3-8-6/h1-3H,4H2,(H,9,10)/p-1. The summed E-state index contributed by atoms with van der Waals surface area (Å²) in [5.74, 6) is -1.22. The first-order valence-corrected chi connectivity index (χ1v) is 3.87. The van der Waals surface area contributed by atoms with Crippen LogP contribution in [0, 0.1) is 0 Å². The van der Waals surface area contributed by atoms with E-state index in [1.54, 1.807) is 18.5 Å². The molecular weight excluding hydrogens is 164 g/mol. The Labute approximate surface area is 67.7 Å². The molecule has 0 aliphatic heterocycles. The summed E-state index contributed by atoms with van der Waals surface area (Å²) in [4.78, 5) is 17.6. The fourth-order valence-corrected chi connectivity index (χ4v) is 1.00. The monoisotopic (exact) mass is 169 g/mol. The highest BCUT2D eigenvalue weighted by Gasteiger charge is 1.93. The molecule has 0 aliphatic rings. The third-order valence-electron chi connectivity index (χ3n) is 0.861. The van der Waals surface area contributed by atoms with Gasteiger partial charge in [0, 0.05) is 18.1 Å². The highest BCUT2D eigenvalue weighted by atomic mass is 32.2. The Balaban J connectivity index is 2.45. The number of hydrogen-bond acceptors (Lipinski definition) is 5. The van der Waals surface area contributed by atoms with Crippen LogP contribution in [0.5, 0.6) is 0 Å². The predicted molar refractivity (Wildman–Crippen MR) is 37.8 cm³/mol. The molecule has 58 valence electrons. The van der Waals surface area contributed by atoms with E-state index in [4.69, 9.17) is 0 Å². The zero-order valence-corrected chi connectivity index (χ0v) is 6.37. The van der Waals surface area contributed by atoms with Crippen LogP contribution in [-0.2, 0) is 4.79 Å². The number of carboxylic acid groups (broad SMARTS) is 1. The van der Waals surface area contributed by atoms with Crippen LogP contribution in [0.25, 0.3) is 0 Å². The van der Waals surface area contributed by atoms with Gasteiger partial charge in [-0.05, 0) is 6.07 Å². The molecule has 5 heteroatoms. The van der Waals surface area contributed by atoms with Crippen LogP contribution < -0.4 is 5.11 Å². The fraction of sp³-hybridized carbons (Fsp3) is 0.167. The van der Waals surface area contributed by atoms with Crippen LogP contribution in [-0.4, -0.2) is 21.7 Å². The van der Waals surface area contributed by atoms with Crippen LogP contribution in [0.2, 0.25) is 0 Å². The molecule has 0 saturated carbocycles. The van der Waals surface area contributed by atoms with E-state index in [-0.39, 0.29) is 5.75 Å². The molecule has 0 saturated heterocycles. The number of aliphatic carboxylic acids is 1. The Morgan fingerprint density at radius 3 is 2.73 bits per heavy atom. The van der Waals surface area contributed by atoms with Crippen molar-refractivity contribution in [2.45, 2.75) is 5.16 Å². The Hall–Kier alpha value is -1.10. The molecule has 1 aromatic rings. The molecule has 0 atom stereocenters. The number of carbonyl (C=O) groups excluding carboxylic acids is 1. The maximum absolute atomic E-state index is 9.99. The lowest BCUT2D eigenvalue weighted by atomic mass is 10.7. The zero-order chi connectivity index (χ0) is 8.10. The van der Waals surface area contributed by atoms with Gasteiger partial charge in [0.05, 0.1) is 5.97 Å². The maximum Gasteiger partial charge on any atom is 0.187 e. The lowest BCUT2D eigenvalue weighted by Crippen LogP contribution is -2.24. The molecule has 1 aromatic heterocycles. The summed E-state index contributed by atoms with van der Waals surface area (Å²) in [7, 11) is 0. The van der Waals surface area contributed by atoms with E-state index >= 15 is 0 Å². The van der Waals surface area contributed by atoms with Crippen LogP contribution in [0.15, 0.2) is 23.6 Å². The molecule has 0 aliphatic carbocycles. The normalized spacial score (nSPS) is 9.45. The summed E-state index contributed by atoms with van der Waals surface area (Å²) in [6, 6.07) is 1.67. The maximum atomic E-state index is 9.99. The van der Waals surface area contributed by atoms with Gasteiger partial charge in [-0.15, -0.1) is 0 Å². The molecule has 0 fully saturated rings. The predicted octanol–water partition coefficient (Wildman–Crippen LogP) is -0.681. The number of carboxylic acids is 1. The van der Waals surface area contributed by atoms with Crippen molar-refractivity contribution >= 4 is 17.7 Å². The van der Waals surface area contributed by atoms with Crippen LogP contribution in [0.4, 0.5) is 0 Å². The van der Waals surface area contributed by atoms with E-state index < -0.39 is 5.97 Å². The van der Waals surface area contributed by atoms with Crippen molar-refractivity contribution in [3.8, 4) is 0 Å². The van der Waals surface area contributed by atoms with Gasteiger partial charge in [-0.2, -0.15) is 0 Å². The van der Waals surface area contributed by atoms with Gasteiger partial charge in [-0.25, -0.2) is 9.97 Å². The van der Waals surface area contributed by atoms with Crippen LogP contribution >= 0.6 is 11.8 Å². The minimum Gasteiger partial charge on any atom is -0.549 e. The second-order valence-corrected chi connectivity index (χ2v) is 2.63. The first-order chi connectivity index (χ1) is 5.29. The van der Waals surface area contributed by atoms with Crippen molar-refractivity contribution in [1.29, 1.82) is 0 Å². The van der Waals surface area contributed by atoms with Gasteiger partial charge in [0.1, 0.15) is 0 Å². The Morgan fingerprint density at radius 1 is 1.55 bits per heavy atom. The summed E-state index contributed by atoms with van der Waals surface area (Å²) in [6.07, 6.45) is 3.12. The van der Waals surface area contributed by atoms with E-state index in [1.807, 2.05) is 0 Å². The smallest absolute Gasteiger partial charge is 0.187 e. The summed E-state index contributed by atoms with van der Waals surface area (Å²) in [5.41, 5.74) is 0. The molecular formula is C6H5N2O2S-. The first kappa shape index (κ1) is 8.00. The highest BCUT2D eigenvalue weighted by Crippen LogP contribution is 2.08. The SMILES string of the molecule is O=C([O-])CSc1ncccn1. The number of thioether (sulfide) groups is 1. The number of carbonyl (C=O) groups is 1. The van der Waals surface area contributed by atoms with Gasteiger partial charge in [-0.1, -0.05) is 11.8 Å². The molecule has 0 amide bonds. The average molecular weight is 169 g/mol. The molecule has 1 rings (SSSR count). The molecule has 0 spiro atoms. The molecule has 0 bridgehead atoms. The zero-order valence-electron chi connectivity index (χ0n) is 5.56. The summed E-state index contributed by atoms with van der Waals surface area (Å²) < 4.78 is 0. The lowest BCUT2D eigenvalue weighted by molar-refractivity contribution is -0.301. The van der Waals surface area contributed by atoms with Crippen LogP contribution in [0.1, 0.15) is 0 Å². The van der Waals surface area contributed by atoms with Crippen LogP contribution in [0.3, 0.4) is 0 Å². The number of hydrogen-bond donors (Lipinski definition) is 0. The molecule has 0 aromatic carbocycles. The van der Waals surface area contributed by atoms with Crippen molar-refractivity contribution in [2.75, 3.05) is 5.75 Å². The molecule has 11 heavy (non-hydrogen) atoms. The van der Waals surface area contributed by atoms with Gasteiger partial charge in [-0.3, -0.25) is 0 Å². The van der Waals surface area contributed by atoms with E-state index in [1.165, 1.54) is 0 Å². The van der Waals surface area contributed by atoms with Crippen molar-refractivity contribution in [3.05, 3.63) is 18.5 Å². The molecule has 0 radical (unpaired) electrons. The summed E-state index contributed by atoms with van der Waals surface area (Å²) in [6.45, 7) is 0. The Kier molecular flexibility index (Phi) is 2.85.